The zero-order chi connectivity index (χ0) is 12.6. The summed E-state index contributed by atoms with van der Waals surface area (Å²) in [6.07, 6.45) is 3.68. The Morgan fingerprint density at radius 1 is 1.31 bits per heavy atom. The molecule has 0 radical (unpaired) electrons. The van der Waals surface area contributed by atoms with Crippen molar-refractivity contribution in [1.29, 1.82) is 0 Å². The molecule has 0 aliphatic heterocycles. The van der Waals surface area contributed by atoms with E-state index in [4.69, 9.17) is 0 Å². The van der Waals surface area contributed by atoms with Gasteiger partial charge < -0.3 is 0 Å². The molecule has 0 saturated heterocycles. The van der Waals surface area contributed by atoms with E-state index in [-0.39, 0.29) is 12.8 Å². The lowest BCUT2D eigenvalue weighted by molar-refractivity contribution is -0.174. The molecular formula is C13H19F3. The highest BCUT2D eigenvalue weighted by atomic mass is 19.4. The number of rotatable bonds is 6. The molecule has 0 bridgehead atoms. The average Bonchev–Trinajstić information content (AvgIpc) is 2.22. The second-order valence-electron chi connectivity index (χ2n) is 3.61. The molecule has 0 spiro atoms. The first-order valence-corrected chi connectivity index (χ1v) is 5.50. The minimum absolute atomic E-state index is 0.0463. The van der Waals surface area contributed by atoms with Gasteiger partial charge in [0, 0.05) is 0 Å². The SMILES string of the molecule is C=C/C(=C\C=C/CC(CC)C(F)(F)F)CC. The first-order valence-electron chi connectivity index (χ1n) is 5.50. The van der Waals surface area contributed by atoms with Crippen LogP contribution in [0.1, 0.15) is 33.1 Å². The Hall–Kier alpha value is -0.990. The second kappa shape index (κ2) is 7.31. The van der Waals surface area contributed by atoms with Crippen LogP contribution in [0.15, 0.2) is 36.5 Å². The highest BCUT2D eigenvalue weighted by Gasteiger charge is 2.36. The van der Waals surface area contributed by atoms with Gasteiger partial charge in [0.2, 0.25) is 0 Å². The number of halogens is 3. The average molecular weight is 232 g/mol. The maximum absolute atomic E-state index is 12.4. The van der Waals surface area contributed by atoms with E-state index in [9.17, 15) is 13.2 Å². The lowest BCUT2D eigenvalue weighted by Gasteiger charge is -2.16. The normalized spacial score (nSPS) is 15.4. The van der Waals surface area contributed by atoms with Crippen molar-refractivity contribution in [2.45, 2.75) is 39.3 Å². The molecule has 0 heterocycles. The molecule has 0 nitrogen and oxygen atoms in total. The number of allylic oxidation sites excluding steroid dienone is 5. The van der Waals surface area contributed by atoms with Gasteiger partial charge in [0.25, 0.3) is 0 Å². The summed E-state index contributed by atoms with van der Waals surface area (Å²) in [5, 5.41) is 0. The van der Waals surface area contributed by atoms with Crippen LogP contribution in [-0.2, 0) is 0 Å². The third-order valence-electron chi connectivity index (χ3n) is 2.49. The van der Waals surface area contributed by atoms with E-state index in [0.29, 0.717) is 0 Å². The Bertz CT molecular complexity index is 259. The van der Waals surface area contributed by atoms with Gasteiger partial charge in [-0.2, -0.15) is 13.2 Å². The molecule has 0 aromatic rings. The van der Waals surface area contributed by atoms with Crippen molar-refractivity contribution in [3.05, 3.63) is 36.5 Å². The lowest BCUT2D eigenvalue weighted by atomic mass is 10.0. The molecule has 0 aliphatic rings. The predicted octanol–water partition coefficient (Wildman–Crippen LogP) is 5.04. The molecular weight excluding hydrogens is 213 g/mol. The summed E-state index contributed by atoms with van der Waals surface area (Å²) < 4.78 is 37.1. The highest BCUT2D eigenvalue weighted by Crippen LogP contribution is 2.31. The van der Waals surface area contributed by atoms with E-state index in [1.165, 1.54) is 0 Å². The summed E-state index contributed by atoms with van der Waals surface area (Å²) in [4.78, 5) is 0. The molecule has 0 amide bonds. The van der Waals surface area contributed by atoms with Crippen molar-refractivity contribution >= 4 is 0 Å². The van der Waals surface area contributed by atoms with Crippen molar-refractivity contribution in [2.24, 2.45) is 5.92 Å². The molecule has 16 heavy (non-hydrogen) atoms. The van der Waals surface area contributed by atoms with Gasteiger partial charge in [-0.05, 0) is 24.8 Å². The smallest absolute Gasteiger partial charge is 0.171 e. The topological polar surface area (TPSA) is 0 Å². The van der Waals surface area contributed by atoms with E-state index in [1.807, 2.05) is 6.92 Å². The molecule has 0 rings (SSSR count). The van der Waals surface area contributed by atoms with Crippen LogP contribution in [-0.4, -0.2) is 6.18 Å². The molecule has 1 unspecified atom stereocenters. The van der Waals surface area contributed by atoms with Crippen LogP contribution in [0.25, 0.3) is 0 Å². The van der Waals surface area contributed by atoms with Gasteiger partial charge in [-0.15, -0.1) is 0 Å². The first-order chi connectivity index (χ1) is 7.45. The van der Waals surface area contributed by atoms with Crippen LogP contribution in [0, 0.1) is 5.92 Å². The van der Waals surface area contributed by atoms with Crippen molar-refractivity contribution in [3.8, 4) is 0 Å². The Kier molecular flexibility index (Phi) is 6.86. The number of alkyl halides is 3. The van der Waals surface area contributed by atoms with Crippen molar-refractivity contribution < 1.29 is 13.2 Å². The summed E-state index contributed by atoms with van der Waals surface area (Å²) in [7, 11) is 0. The van der Waals surface area contributed by atoms with Gasteiger partial charge in [0.15, 0.2) is 0 Å². The van der Waals surface area contributed by atoms with Crippen LogP contribution in [0.3, 0.4) is 0 Å². The fourth-order valence-corrected chi connectivity index (χ4v) is 1.30. The second-order valence-corrected chi connectivity index (χ2v) is 3.61. The van der Waals surface area contributed by atoms with E-state index < -0.39 is 12.1 Å². The van der Waals surface area contributed by atoms with Crippen LogP contribution in [0.5, 0.6) is 0 Å². The molecule has 0 aromatic carbocycles. The van der Waals surface area contributed by atoms with Crippen LogP contribution >= 0.6 is 0 Å². The van der Waals surface area contributed by atoms with Gasteiger partial charge in [-0.3, -0.25) is 0 Å². The third-order valence-corrected chi connectivity index (χ3v) is 2.49. The van der Waals surface area contributed by atoms with Gasteiger partial charge in [-0.25, -0.2) is 0 Å². The van der Waals surface area contributed by atoms with Gasteiger partial charge in [0.1, 0.15) is 0 Å². The molecule has 0 N–H and O–H groups in total. The number of hydrogen-bond donors (Lipinski definition) is 0. The van der Waals surface area contributed by atoms with E-state index >= 15 is 0 Å². The van der Waals surface area contributed by atoms with Crippen LogP contribution < -0.4 is 0 Å². The number of hydrogen-bond acceptors (Lipinski definition) is 0. The minimum Gasteiger partial charge on any atom is -0.171 e. The first kappa shape index (κ1) is 15.0. The summed E-state index contributed by atoms with van der Waals surface area (Å²) >= 11 is 0. The Morgan fingerprint density at radius 2 is 1.94 bits per heavy atom. The Labute approximate surface area is 95.5 Å². The standard InChI is InChI=1S/C13H19F3/c1-4-11(5-2)9-7-8-10-12(6-3)13(14,15)16/h4,7-9,12H,1,5-6,10H2,2-3H3/b8-7-,11-9+. The zero-order valence-electron chi connectivity index (χ0n) is 9.85. The van der Waals surface area contributed by atoms with Crippen LogP contribution in [0.4, 0.5) is 13.2 Å². The van der Waals surface area contributed by atoms with Crippen molar-refractivity contribution in [2.75, 3.05) is 0 Å². The summed E-state index contributed by atoms with van der Waals surface area (Å²) in [5.41, 5.74) is 1.02. The Morgan fingerprint density at radius 3 is 2.31 bits per heavy atom. The largest absolute Gasteiger partial charge is 0.392 e. The summed E-state index contributed by atoms with van der Waals surface area (Å²) in [6.45, 7) is 7.16. The van der Waals surface area contributed by atoms with Crippen molar-refractivity contribution in [1.82, 2.24) is 0 Å². The lowest BCUT2D eigenvalue weighted by Crippen LogP contribution is -2.21. The summed E-state index contributed by atoms with van der Waals surface area (Å²) in [5.74, 6) is -1.23. The molecule has 0 saturated carbocycles. The van der Waals surface area contributed by atoms with Crippen LogP contribution in [0.2, 0.25) is 0 Å². The van der Waals surface area contributed by atoms with Crippen molar-refractivity contribution in [3.63, 3.8) is 0 Å². The maximum atomic E-state index is 12.4. The molecule has 92 valence electrons. The molecule has 0 fully saturated rings. The minimum atomic E-state index is -4.09. The van der Waals surface area contributed by atoms with Gasteiger partial charge >= 0.3 is 6.18 Å². The van der Waals surface area contributed by atoms with E-state index in [2.05, 4.69) is 6.58 Å². The predicted molar refractivity (Wildman–Crippen MR) is 62.2 cm³/mol. The fraction of sp³-hybridized carbons (Fsp3) is 0.538. The molecule has 1 atom stereocenters. The van der Waals surface area contributed by atoms with Gasteiger partial charge in [-0.1, -0.05) is 44.7 Å². The maximum Gasteiger partial charge on any atom is 0.392 e. The van der Waals surface area contributed by atoms with Gasteiger partial charge in [0.05, 0.1) is 5.92 Å². The fourth-order valence-electron chi connectivity index (χ4n) is 1.30. The van der Waals surface area contributed by atoms with E-state index in [1.54, 1.807) is 31.2 Å². The molecule has 0 aliphatic carbocycles. The summed E-state index contributed by atoms with van der Waals surface area (Å²) in [6, 6.07) is 0. The third kappa shape index (κ3) is 5.79. The molecule has 0 aromatic heterocycles. The van der Waals surface area contributed by atoms with E-state index in [0.717, 1.165) is 12.0 Å². The monoisotopic (exact) mass is 232 g/mol. The highest BCUT2D eigenvalue weighted by molar-refractivity contribution is 5.21. The Balaban J connectivity index is 4.27. The quantitative estimate of drug-likeness (QED) is 0.562. The molecule has 3 heteroatoms. The zero-order valence-corrected chi connectivity index (χ0v) is 9.85.